The van der Waals surface area contributed by atoms with Crippen molar-refractivity contribution >= 4 is 5.78 Å². The summed E-state index contributed by atoms with van der Waals surface area (Å²) in [5, 5.41) is 9.91. The molecule has 1 aromatic heterocycles. The smallest absolute Gasteiger partial charge is 0.138 e. The number of nitrogens with zero attached hydrogens (tertiary/aromatic N) is 1. The molecule has 3 heteroatoms. The molecule has 1 saturated carbocycles. The molecule has 14 heavy (non-hydrogen) atoms. The van der Waals surface area contributed by atoms with Gasteiger partial charge in [0.15, 0.2) is 0 Å². The minimum Gasteiger partial charge on any atom is -0.386 e. The molecule has 1 aromatic rings. The van der Waals surface area contributed by atoms with E-state index in [1.807, 2.05) is 6.07 Å². The monoisotopic (exact) mass is 191 g/mol. The van der Waals surface area contributed by atoms with E-state index in [-0.39, 0.29) is 11.7 Å². The Balaban J connectivity index is 2.16. The number of aliphatic hydroxyl groups excluding tert-OH is 1. The average Bonchev–Trinajstić information content (AvgIpc) is 2.65. The number of Topliss-reactive ketones (excluding diaryl/α,β-unsaturated/α-hetero) is 1. The first-order valence-electron chi connectivity index (χ1n) is 4.91. The van der Waals surface area contributed by atoms with Crippen molar-refractivity contribution in [3.63, 3.8) is 0 Å². The first-order valence-corrected chi connectivity index (χ1v) is 4.91. The van der Waals surface area contributed by atoms with Crippen LogP contribution in [0.2, 0.25) is 0 Å². The predicted octanol–water partition coefficient (Wildman–Crippen LogP) is 1.48. The average molecular weight is 191 g/mol. The van der Waals surface area contributed by atoms with Crippen LogP contribution in [0.4, 0.5) is 0 Å². The zero-order valence-electron chi connectivity index (χ0n) is 7.89. The molecule has 0 bridgehead atoms. The molecule has 1 fully saturated rings. The van der Waals surface area contributed by atoms with Crippen LogP contribution in [-0.2, 0) is 4.79 Å². The lowest BCUT2D eigenvalue weighted by Gasteiger charge is -2.15. The summed E-state index contributed by atoms with van der Waals surface area (Å²) in [7, 11) is 0. The van der Waals surface area contributed by atoms with E-state index in [1.54, 1.807) is 18.3 Å². The Kier molecular flexibility index (Phi) is 2.59. The van der Waals surface area contributed by atoms with Gasteiger partial charge in [0.05, 0.1) is 5.69 Å². The van der Waals surface area contributed by atoms with E-state index < -0.39 is 6.10 Å². The van der Waals surface area contributed by atoms with Crippen LogP contribution < -0.4 is 0 Å². The molecule has 74 valence electrons. The Labute approximate surface area is 82.8 Å². The summed E-state index contributed by atoms with van der Waals surface area (Å²) in [6.07, 6.45) is 3.21. The van der Waals surface area contributed by atoms with E-state index in [0.717, 1.165) is 12.8 Å². The van der Waals surface area contributed by atoms with Crippen molar-refractivity contribution in [2.75, 3.05) is 0 Å². The van der Waals surface area contributed by atoms with Crippen molar-refractivity contribution in [1.82, 2.24) is 4.98 Å². The minimum atomic E-state index is -0.716. The van der Waals surface area contributed by atoms with Crippen molar-refractivity contribution in [2.24, 2.45) is 5.92 Å². The molecular formula is C11H13NO2. The normalized spacial score (nSPS) is 23.8. The highest BCUT2D eigenvalue weighted by Gasteiger charge is 2.32. The van der Waals surface area contributed by atoms with Crippen LogP contribution in [0.5, 0.6) is 0 Å². The van der Waals surface area contributed by atoms with Crippen LogP contribution in [0.15, 0.2) is 24.4 Å². The number of hydrogen-bond donors (Lipinski definition) is 1. The van der Waals surface area contributed by atoms with Crippen LogP contribution in [0, 0.1) is 5.92 Å². The Hall–Kier alpha value is -1.22. The number of rotatable bonds is 2. The van der Waals surface area contributed by atoms with Gasteiger partial charge in [0.2, 0.25) is 0 Å². The second-order valence-electron chi connectivity index (χ2n) is 3.66. The number of ketones is 1. The highest BCUT2D eigenvalue weighted by molar-refractivity contribution is 5.83. The Morgan fingerprint density at radius 2 is 2.36 bits per heavy atom. The Morgan fingerprint density at radius 3 is 2.93 bits per heavy atom. The molecule has 0 spiro atoms. The topological polar surface area (TPSA) is 50.2 Å². The van der Waals surface area contributed by atoms with Crippen molar-refractivity contribution in [3.05, 3.63) is 30.1 Å². The van der Waals surface area contributed by atoms with E-state index in [9.17, 15) is 9.90 Å². The van der Waals surface area contributed by atoms with Crippen LogP contribution in [0.3, 0.4) is 0 Å². The Bertz CT molecular complexity index is 323. The third kappa shape index (κ3) is 1.68. The van der Waals surface area contributed by atoms with Crippen molar-refractivity contribution in [2.45, 2.75) is 25.4 Å². The molecule has 2 atom stereocenters. The molecule has 1 aliphatic rings. The zero-order chi connectivity index (χ0) is 9.97. The third-order valence-electron chi connectivity index (χ3n) is 2.72. The zero-order valence-corrected chi connectivity index (χ0v) is 7.89. The van der Waals surface area contributed by atoms with Crippen LogP contribution >= 0.6 is 0 Å². The van der Waals surface area contributed by atoms with Gasteiger partial charge in [-0.05, 0) is 25.0 Å². The van der Waals surface area contributed by atoms with E-state index in [2.05, 4.69) is 4.98 Å². The summed E-state index contributed by atoms with van der Waals surface area (Å²) in [4.78, 5) is 15.5. The van der Waals surface area contributed by atoms with Gasteiger partial charge in [0, 0.05) is 18.5 Å². The predicted molar refractivity (Wildman–Crippen MR) is 51.5 cm³/mol. The van der Waals surface area contributed by atoms with Gasteiger partial charge in [0.1, 0.15) is 11.9 Å². The van der Waals surface area contributed by atoms with Crippen LogP contribution in [-0.4, -0.2) is 15.9 Å². The first-order chi connectivity index (χ1) is 6.79. The van der Waals surface area contributed by atoms with Crippen molar-refractivity contribution < 1.29 is 9.90 Å². The van der Waals surface area contributed by atoms with E-state index >= 15 is 0 Å². The largest absolute Gasteiger partial charge is 0.386 e. The molecule has 0 aliphatic heterocycles. The number of carbonyl (C=O) groups excluding carboxylic acids is 1. The molecule has 0 amide bonds. The number of pyridine rings is 1. The maximum Gasteiger partial charge on any atom is 0.138 e. The summed E-state index contributed by atoms with van der Waals surface area (Å²) in [5.74, 6) is -0.0620. The van der Waals surface area contributed by atoms with Crippen molar-refractivity contribution in [3.8, 4) is 0 Å². The van der Waals surface area contributed by atoms with Gasteiger partial charge in [-0.3, -0.25) is 9.78 Å². The van der Waals surface area contributed by atoms with Gasteiger partial charge >= 0.3 is 0 Å². The van der Waals surface area contributed by atoms with Crippen LogP contribution in [0.25, 0.3) is 0 Å². The number of aromatic nitrogens is 1. The molecule has 0 saturated heterocycles. The number of hydrogen-bond acceptors (Lipinski definition) is 3. The second-order valence-corrected chi connectivity index (χ2v) is 3.66. The SMILES string of the molecule is O=C1CCCC1C(O)c1ccccn1. The summed E-state index contributed by atoms with van der Waals surface area (Å²) in [6, 6.07) is 5.38. The lowest BCUT2D eigenvalue weighted by Crippen LogP contribution is -2.17. The molecule has 3 nitrogen and oxygen atoms in total. The molecule has 0 radical (unpaired) electrons. The Morgan fingerprint density at radius 1 is 1.50 bits per heavy atom. The molecule has 0 aromatic carbocycles. The maximum absolute atomic E-state index is 11.4. The molecule has 2 unspecified atom stereocenters. The lowest BCUT2D eigenvalue weighted by molar-refractivity contribution is -0.123. The maximum atomic E-state index is 11.4. The molecule has 1 aliphatic carbocycles. The molecule has 1 N–H and O–H groups in total. The van der Waals surface area contributed by atoms with E-state index in [4.69, 9.17) is 0 Å². The van der Waals surface area contributed by atoms with Gasteiger partial charge in [-0.25, -0.2) is 0 Å². The summed E-state index contributed by atoms with van der Waals surface area (Å²) >= 11 is 0. The van der Waals surface area contributed by atoms with Gasteiger partial charge in [0.25, 0.3) is 0 Å². The lowest BCUT2D eigenvalue weighted by atomic mass is 9.97. The summed E-state index contributed by atoms with van der Waals surface area (Å²) in [6.45, 7) is 0. The van der Waals surface area contributed by atoms with Gasteiger partial charge in [-0.15, -0.1) is 0 Å². The fourth-order valence-electron chi connectivity index (χ4n) is 1.93. The number of aliphatic hydroxyl groups is 1. The quantitative estimate of drug-likeness (QED) is 0.770. The second kappa shape index (κ2) is 3.88. The molecule has 1 heterocycles. The minimum absolute atomic E-state index is 0.170. The highest BCUT2D eigenvalue weighted by Crippen LogP contribution is 2.31. The van der Waals surface area contributed by atoms with Gasteiger partial charge in [-0.2, -0.15) is 0 Å². The van der Waals surface area contributed by atoms with Gasteiger partial charge < -0.3 is 5.11 Å². The highest BCUT2D eigenvalue weighted by atomic mass is 16.3. The summed E-state index contributed by atoms with van der Waals surface area (Å²) in [5.41, 5.74) is 0.604. The standard InChI is InChI=1S/C11H13NO2/c13-10-6-3-4-8(10)11(14)9-5-1-2-7-12-9/h1-2,5,7-8,11,14H,3-4,6H2. The third-order valence-corrected chi connectivity index (χ3v) is 2.72. The van der Waals surface area contributed by atoms with Crippen molar-refractivity contribution in [1.29, 1.82) is 0 Å². The first kappa shape index (κ1) is 9.34. The van der Waals surface area contributed by atoms with Crippen LogP contribution in [0.1, 0.15) is 31.1 Å². The van der Waals surface area contributed by atoms with E-state index in [1.165, 1.54) is 0 Å². The number of carbonyl (C=O) groups is 1. The molecule has 2 rings (SSSR count). The fourth-order valence-corrected chi connectivity index (χ4v) is 1.93. The fraction of sp³-hybridized carbons (Fsp3) is 0.455. The van der Waals surface area contributed by atoms with E-state index in [0.29, 0.717) is 12.1 Å². The molecular weight excluding hydrogens is 178 g/mol. The summed E-state index contributed by atoms with van der Waals surface area (Å²) < 4.78 is 0. The van der Waals surface area contributed by atoms with Gasteiger partial charge in [-0.1, -0.05) is 6.07 Å².